The highest BCUT2D eigenvalue weighted by Crippen LogP contribution is 2.29. The minimum Gasteiger partial charge on any atom is -0.505 e. The average molecular weight is 274 g/mol. The van der Waals surface area contributed by atoms with Gasteiger partial charge in [-0.05, 0) is 44.0 Å². The summed E-state index contributed by atoms with van der Waals surface area (Å²) in [6.07, 6.45) is 1.75. The van der Waals surface area contributed by atoms with Gasteiger partial charge in [0.1, 0.15) is 0 Å². The van der Waals surface area contributed by atoms with Crippen LogP contribution in [0, 0.1) is 11.7 Å². The molecular formula is C11H13BrFNO. The molecule has 1 aromatic rings. The Balaban J connectivity index is 2.22. The summed E-state index contributed by atoms with van der Waals surface area (Å²) >= 11 is 3.32. The lowest BCUT2D eigenvalue weighted by Crippen LogP contribution is -2.11. The molecule has 1 aliphatic heterocycles. The Morgan fingerprint density at radius 2 is 2.33 bits per heavy atom. The van der Waals surface area contributed by atoms with Crippen molar-refractivity contribution in [1.82, 2.24) is 5.32 Å². The third kappa shape index (κ3) is 2.32. The molecule has 2 nitrogen and oxygen atoms in total. The molecule has 15 heavy (non-hydrogen) atoms. The lowest BCUT2D eigenvalue weighted by atomic mass is 9.98. The Bertz CT molecular complexity index is 364. The lowest BCUT2D eigenvalue weighted by molar-refractivity contribution is 0.424. The van der Waals surface area contributed by atoms with Crippen LogP contribution >= 0.6 is 15.9 Å². The second-order valence-electron chi connectivity index (χ2n) is 3.92. The Labute approximate surface area is 96.6 Å². The predicted octanol–water partition coefficient (Wildman–Crippen LogP) is 2.45. The summed E-state index contributed by atoms with van der Waals surface area (Å²) < 4.78 is 14.4. The Morgan fingerprint density at radius 3 is 3.00 bits per heavy atom. The van der Waals surface area contributed by atoms with Crippen LogP contribution in [0.25, 0.3) is 0 Å². The van der Waals surface area contributed by atoms with E-state index in [0.29, 0.717) is 17.9 Å². The number of phenolic OH excluding ortho intramolecular Hbond substituents is 1. The second-order valence-corrected chi connectivity index (χ2v) is 4.78. The number of phenols is 1. The zero-order valence-corrected chi connectivity index (χ0v) is 9.85. The van der Waals surface area contributed by atoms with Gasteiger partial charge in [0.2, 0.25) is 0 Å². The predicted molar refractivity (Wildman–Crippen MR) is 60.4 cm³/mol. The molecule has 0 aliphatic carbocycles. The van der Waals surface area contributed by atoms with E-state index in [1.807, 2.05) is 0 Å². The molecular weight excluding hydrogens is 261 g/mol. The smallest absolute Gasteiger partial charge is 0.169 e. The van der Waals surface area contributed by atoms with E-state index in [1.165, 1.54) is 6.07 Å². The lowest BCUT2D eigenvalue weighted by Gasteiger charge is -2.11. The number of aromatic hydroxyl groups is 1. The number of hydrogen-bond donors (Lipinski definition) is 2. The highest BCUT2D eigenvalue weighted by Gasteiger charge is 2.19. The van der Waals surface area contributed by atoms with E-state index in [9.17, 15) is 9.50 Å². The summed E-state index contributed by atoms with van der Waals surface area (Å²) in [5.41, 5.74) is 0.587. The van der Waals surface area contributed by atoms with Gasteiger partial charge in [-0.25, -0.2) is 4.39 Å². The van der Waals surface area contributed by atoms with E-state index in [0.717, 1.165) is 24.0 Å². The van der Waals surface area contributed by atoms with Gasteiger partial charge in [-0.1, -0.05) is 15.9 Å². The maximum Gasteiger partial charge on any atom is 0.169 e. The largest absolute Gasteiger partial charge is 0.505 e. The molecule has 0 radical (unpaired) electrons. The van der Waals surface area contributed by atoms with Crippen LogP contribution < -0.4 is 5.32 Å². The molecule has 2 N–H and O–H groups in total. The molecule has 0 spiro atoms. The Hall–Kier alpha value is -0.610. The normalized spacial score (nSPS) is 20.8. The first-order valence-corrected chi connectivity index (χ1v) is 5.84. The van der Waals surface area contributed by atoms with E-state index >= 15 is 0 Å². The number of nitrogens with one attached hydrogen (secondary N) is 1. The quantitative estimate of drug-likeness (QED) is 0.868. The SMILES string of the molecule is Oc1ccc(Br)c(CC2CCNC2)c1F. The van der Waals surface area contributed by atoms with E-state index in [1.54, 1.807) is 6.07 Å². The molecule has 1 unspecified atom stereocenters. The summed E-state index contributed by atoms with van der Waals surface area (Å²) in [6.45, 7) is 1.93. The molecule has 0 bridgehead atoms. The number of halogens is 2. The molecule has 2 rings (SSSR count). The van der Waals surface area contributed by atoms with Crippen LogP contribution in [-0.4, -0.2) is 18.2 Å². The maximum absolute atomic E-state index is 13.6. The van der Waals surface area contributed by atoms with Gasteiger partial charge in [0, 0.05) is 10.0 Å². The van der Waals surface area contributed by atoms with Crippen LogP contribution in [0.5, 0.6) is 5.75 Å². The average Bonchev–Trinajstić information content (AvgIpc) is 2.71. The molecule has 0 aromatic heterocycles. The molecule has 1 fully saturated rings. The van der Waals surface area contributed by atoms with Crippen LogP contribution in [0.2, 0.25) is 0 Å². The van der Waals surface area contributed by atoms with Crippen molar-refractivity contribution in [2.45, 2.75) is 12.8 Å². The zero-order valence-electron chi connectivity index (χ0n) is 8.26. The van der Waals surface area contributed by atoms with Crippen molar-refractivity contribution in [3.05, 3.63) is 28.0 Å². The van der Waals surface area contributed by atoms with Crippen molar-refractivity contribution in [3.8, 4) is 5.75 Å². The highest BCUT2D eigenvalue weighted by molar-refractivity contribution is 9.10. The van der Waals surface area contributed by atoms with Gasteiger partial charge in [0.05, 0.1) is 0 Å². The van der Waals surface area contributed by atoms with Crippen molar-refractivity contribution < 1.29 is 9.50 Å². The van der Waals surface area contributed by atoms with Crippen molar-refractivity contribution in [1.29, 1.82) is 0 Å². The highest BCUT2D eigenvalue weighted by atomic mass is 79.9. The van der Waals surface area contributed by atoms with Crippen LogP contribution in [0.1, 0.15) is 12.0 Å². The molecule has 4 heteroatoms. The monoisotopic (exact) mass is 273 g/mol. The van der Waals surface area contributed by atoms with Crippen LogP contribution in [0.4, 0.5) is 4.39 Å². The summed E-state index contributed by atoms with van der Waals surface area (Å²) in [4.78, 5) is 0. The minimum atomic E-state index is -0.490. The van der Waals surface area contributed by atoms with Gasteiger partial charge in [-0.3, -0.25) is 0 Å². The standard InChI is InChI=1S/C11H13BrFNO/c12-9-1-2-10(15)11(13)8(9)5-7-3-4-14-6-7/h1-2,7,14-15H,3-6H2. The van der Waals surface area contributed by atoms with Gasteiger partial charge in [-0.15, -0.1) is 0 Å². The first-order chi connectivity index (χ1) is 7.18. The summed E-state index contributed by atoms with van der Waals surface area (Å²) in [5.74, 6) is -0.284. The van der Waals surface area contributed by atoms with E-state index < -0.39 is 5.82 Å². The van der Waals surface area contributed by atoms with E-state index in [4.69, 9.17) is 0 Å². The zero-order chi connectivity index (χ0) is 10.8. The maximum atomic E-state index is 13.6. The van der Waals surface area contributed by atoms with Gasteiger partial charge in [0.15, 0.2) is 11.6 Å². The molecule has 1 atom stereocenters. The van der Waals surface area contributed by atoms with Crippen molar-refractivity contribution in [3.63, 3.8) is 0 Å². The molecule has 0 amide bonds. The fourth-order valence-corrected chi connectivity index (χ4v) is 2.42. The number of hydrogen-bond acceptors (Lipinski definition) is 2. The summed E-state index contributed by atoms with van der Waals surface area (Å²) in [7, 11) is 0. The van der Waals surface area contributed by atoms with Crippen molar-refractivity contribution >= 4 is 15.9 Å². The first kappa shape index (κ1) is 10.9. The topological polar surface area (TPSA) is 32.3 Å². The fraction of sp³-hybridized carbons (Fsp3) is 0.455. The molecule has 1 saturated heterocycles. The van der Waals surface area contributed by atoms with E-state index in [2.05, 4.69) is 21.2 Å². The fourth-order valence-electron chi connectivity index (χ4n) is 1.95. The minimum absolute atomic E-state index is 0.265. The molecule has 0 saturated carbocycles. The third-order valence-corrected chi connectivity index (χ3v) is 3.56. The van der Waals surface area contributed by atoms with E-state index in [-0.39, 0.29) is 5.75 Å². The van der Waals surface area contributed by atoms with Gasteiger partial charge >= 0.3 is 0 Å². The van der Waals surface area contributed by atoms with Crippen molar-refractivity contribution in [2.24, 2.45) is 5.92 Å². The van der Waals surface area contributed by atoms with Crippen molar-refractivity contribution in [2.75, 3.05) is 13.1 Å². The van der Waals surface area contributed by atoms with Crippen LogP contribution in [0.3, 0.4) is 0 Å². The summed E-state index contributed by atoms with van der Waals surface area (Å²) in [6, 6.07) is 3.06. The molecule has 1 aromatic carbocycles. The first-order valence-electron chi connectivity index (χ1n) is 5.05. The molecule has 1 aliphatic rings. The molecule has 1 heterocycles. The second kappa shape index (κ2) is 4.49. The number of benzene rings is 1. The Morgan fingerprint density at radius 1 is 1.53 bits per heavy atom. The van der Waals surface area contributed by atoms with Gasteiger partial charge in [0.25, 0.3) is 0 Å². The van der Waals surface area contributed by atoms with Crippen LogP contribution in [0.15, 0.2) is 16.6 Å². The molecule has 82 valence electrons. The van der Waals surface area contributed by atoms with Gasteiger partial charge < -0.3 is 10.4 Å². The van der Waals surface area contributed by atoms with Crippen LogP contribution in [-0.2, 0) is 6.42 Å². The third-order valence-electron chi connectivity index (χ3n) is 2.82. The Kier molecular flexibility index (Phi) is 3.26. The number of rotatable bonds is 2. The van der Waals surface area contributed by atoms with Gasteiger partial charge in [-0.2, -0.15) is 0 Å². The summed E-state index contributed by atoms with van der Waals surface area (Å²) in [5, 5.41) is 12.5.